The van der Waals surface area contributed by atoms with Gasteiger partial charge in [-0.15, -0.1) is 0 Å². The Bertz CT molecular complexity index is 401. The van der Waals surface area contributed by atoms with Gasteiger partial charge in [0, 0.05) is 11.8 Å². The molecule has 2 N–H and O–H groups in total. The molecule has 0 bridgehead atoms. The lowest BCUT2D eigenvalue weighted by atomic mass is 9.83. The molecule has 0 aliphatic rings. The second-order valence-electron chi connectivity index (χ2n) is 4.13. The minimum Gasteiger partial charge on any atom is -0.348 e. The highest BCUT2D eigenvalue weighted by Gasteiger charge is 2.35. The molecule has 0 spiro atoms. The largest absolute Gasteiger partial charge is 0.348 e. The average Bonchev–Trinajstić information content (AvgIpc) is 2.85. The van der Waals surface area contributed by atoms with Gasteiger partial charge in [0.2, 0.25) is 5.91 Å². The molecule has 0 fully saturated rings. The minimum atomic E-state index is -0.919. The monoisotopic (exact) mass is 234 g/mol. The van der Waals surface area contributed by atoms with E-state index in [1.807, 2.05) is 20.8 Å². The van der Waals surface area contributed by atoms with Crippen molar-refractivity contribution in [2.75, 3.05) is 0 Å². The molecular formula is C12H18N4O. The number of nitrogens with zero attached hydrogens (tertiary/aromatic N) is 2. The minimum absolute atomic E-state index is 0.146. The lowest BCUT2D eigenvalue weighted by Gasteiger charge is -2.24. The molecule has 92 valence electrons. The first-order chi connectivity index (χ1) is 8.09. The number of aromatic nitrogens is 2. The second kappa shape index (κ2) is 5.48. The highest BCUT2D eigenvalue weighted by Crippen LogP contribution is 2.26. The van der Waals surface area contributed by atoms with Crippen molar-refractivity contribution in [3.8, 4) is 6.07 Å². The molecular weight excluding hydrogens is 216 g/mol. The molecule has 1 rings (SSSR count). The van der Waals surface area contributed by atoms with Crippen molar-refractivity contribution >= 4 is 5.91 Å². The molecule has 1 aromatic heterocycles. The van der Waals surface area contributed by atoms with Crippen LogP contribution >= 0.6 is 0 Å². The van der Waals surface area contributed by atoms with Crippen LogP contribution in [-0.4, -0.2) is 16.1 Å². The summed E-state index contributed by atoms with van der Waals surface area (Å²) in [5.74, 6) is -0.210. The topological polar surface area (TPSA) is 81.6 Å². The van der Waals surface area contributed by atoms with Gasteiger partial charge in [0.1, 0.15) is 5.41 Å². The van der Waals surface area contributed by atoms with Crippen molar-refractivity contribution in [2.45, 2.75) is 39.7 Å². The highest BCUT2D eigenvalue weighted by atomic mass is 16.2. The van der Waals surface area contributed by atoms with Crippen LogP contribution in [0, 0.1) is 16.7 Å². The summed E-state index contributed by atoms with van der Waals surface area (Å²) < 4.78 is 0. The molecule has 0 radical (unpaired) electrons. The predicted molar refractivity (Wildman–Crippen MR) is 63.8 cm³/mol. The van der Waals surface area contributed by atoms with E-state index in [0.29, 0.717) is 12.8 Å². The Morgan fingerprint density at radius 3 is 2.71 bits per heavy atom. The normalized spacial score (nSPS) is 12.8. The number of rotatable bonds is 5. The van der Waals surface area contributed by atoms with Crippen molar-refractivity contribution in [1.82, 2.24) is 15.5 Å². The van der Waals surface area contributed by atoms with Crippen LogP contribution in [-0.2, 0) is 4.79 Å². The molecule has 1 heterocycles. The Morgan fingerprint density at radius 1 is 1.65 bits per heavy atom. The number of hydrogen-bond acceptors (Lipinski definition) is 3. The van der Waals surface area contributed by atoms with E-state index in [1.165, 1.54) is 0 Å². The summed E-state index contributed by atoms with van der Waals surface area (Å²) in [5.41, 5.74) is -0.0183. The van der Waals surface area contributed by atoms with Crippen molar-refractivity contribution in [2.24, 2.45) is 5.41 Å². The number of carbonyl (C=O) groups excluding carboxylic acids is 1. The number of aromatic amines is 1. The van der Waals surface area contributed by atoms with Crippen LogP contribution < -0.4 is 5.32 Å². The number of carbonyl (C=O) groups is 1. The second-order valence-corrected chi connectivity index (χ2v) is 4.13. The SMILES string of the molecule is CCC(C#N)(CC)C(=O)NC(C)c1cn[nH]c1. The standard InChI is InChI=1S/C12H18N4O/c1-4-12(5-2,8-13)11(17)16-9(3)10-6-14-15-7-10/h6-7,9H,4-5H2,1-3H3,(H,14,15)(H,16,17). The molecule has 5 nitrogen and oxygen atoms in total. The number of hydrogen-bond donors (Lipinski definition) is 2. The number of amides is 1. The van der Waals surface area contributed by atoms with E-state index in [4.69, 9.17) is 5.26 Å². The lowest BCUT2D eigenvalue weighted by Crippen LogP contribution is -2.40. The zero-order chi connectivity index (χ0) is 12.9. The number of H-pyrrole nitrogens is 1. The molecule has 0 saturated heterocycles. The van der Waals surface area contributed by atoms with Gasteiger partial charge >= 0.3 is 0 Å². The van der Waals surface area contributed by atoms with Gasteiger partial charge < -0.3 is 5.32 Å². The summed E-state index contributed by atoms with van der Waals surface area (Å²) in [6, 6.07) is 1.98. The van der Waals surface area contributed by atoms with Gasteiger partial charge in [0.15, 0.2) is 0 Å². The fourth-order valence-corrected chi connectivity index (χ4v) is 1.70. The molecule has 1 atom stereocenters. The smallest absolute Gasteiger partial charge is 0.240 e. The van der Waals surface area contributed by atoms with Crippen LogP contribution in [0.3, 0.4) is 0 Å². The van der Waals surface area contributed by atoms with Gasteiger partial charge in [0.05, 0.1) is 18.3 Å². The van der Waals surface area contributed by atoms with Gasteiger partial charge in [0.25, 0.3) is 0 Å². The summed E-state index contributed by atoms with van der Waals surface area (Å²) >= 11 is 0. The Hall–Kier alpha value is -1.83. The Morgan fingerprint density at radius 2 is 2.29 bits per heavy atom. The van der Waals surface area contributed by atoms with Crippen LogP contribution in [0.1, 0.15) is 45.2 Å². The molecule has 0 aliphatic carbocycles. The van der Waals surface area contributed by atoms with Gasteiger partial charge in [-0.1, -0.05) is 13.8 Å². The van der Waals surface area contributed by atoms with E-state index in [9.17, 15) is 4.79 Å². The molecule has 1 amide bonds. The Balaban J connectivity index is 2.75. The maximum atomic E-state index is 12.1. The van der Waals surface area contributed by atoms with Crippen molar-refractivity contribution in [3.05, 3.63) is 18.0 Å². The summed E-state index contributed by atoms with van der Waals surface area (Å²) in [4.78, 5) is 12.1. The van der Waals surface area contributed by atoms with Crippen molar-refractivity contribution < 1.29 is 4.79 Å². The fourth-order valence-electron chi connectivity index (χ4n) is 1.70. The molecule has 0 saturated carbocycles. The zero-order valence-electron chi connectivity index (χ0n) is 10.4. The van der Waals surface area contributed by atoms with Crippen molar-refractivity contribution in [3.63, 3.8) is 0 Å². The van der Waals surface area contributed by atoms with E-state index in [1.54, 1.807) is 12.4 Å². The third kappa shape index (κ3) is 2.64. The van der Waals surface area contributed by atoms with Crippen molar-refractivity contribution in [1.29, 1.82) is 5.26 Å². The molecule has 1 aromatic rings. The first-order valence-electron chi connectivity index (χ1n) is 5.80. The van der Waals surface area contributed by atoms with E-state index in [2.05, 4.69) is 21.6 Å². The van der Waals surface area contributed by atoms with Crippen LogP contribution in [0.15, 0.2) is 12.4 Å². The summed E-state index contributed by atoms with van der Waals surface area (Å²) in [7, 11) is 0. The summed E-state index contributed by atoms with van der Waals surface area (Å²) in [5, 5.41) is 18.5. The van der Waals surface area contributed by atoms with Gasteiger partial charge in [-0.05, 0) is 19.8 Å². The zero-order valence-corrected chi connectivity index (χ0v) is 10.4. The fraction of sp³-hybridized carbons (Fsp3) is 0.583. The van der Waals surface area contributed by atoms with Crippen LogP contribution in [0.2, 0.25) is 0 Å². The molecule has 17 heavy (non-hydrogen) atoms. The number of nitriles is 1. The molecule has 5 heteroatoms. The lowest BCUT2D eigenvalue weighted by molar-refractivity contribution is -0.129. The molecule has 0 aromatic carbocycles. The quantitative estimate of drug-likeness (QED) is 0.816. The van der Waals surface area contributed by atoms with E-state index in [-0.39, 0.29) is 11.9 Å². The first-order valence-corrected chi connectivity index (χ1v) is 5.80. The predicted octanol–water partition coefficient (Wildman–Crippen LogP) is 1.92. The Labute approximate surface area is 101 Å². The summed E-state index contributed by atoms with van der Waals surface area (Å²) in [6.07, 6.45) is 4.43. The highest BCUT2D eigenvalue weighted by molar-refractivity contribution is 5.85. The Kier molecular flexibility index (Phi) is 4.27. The molecule has 0 aliphatic heterocycles. The van der Waals surface area contributed by atoms with Crippen LogP contribution in [0.25, 0.3) is 0 Å². The van der Waals surface area contributed by atoms with E-state index in [0.717, 1.165) is 5.56 Å². The third-order valence-electron chi connectivity index (χ3n) is 3.22. The van der Waals surface area contributed by atoms with Crippen LogP contribution in [0.5, 0.6) is 0 Å². The van der Waals surface area contributed by atoms with Crippen LogP contribution in [0.4, 0.5) is 0 Å². The maximum absolute atomic E-state index is 12.1. The molecule has 1 unspecified atom stereocenters. The summed E-state index contributed by atoms with van der Waals surface area (Å²) in [6.45, 7) is 5.58. The number of nitrogens with one attached hydrogen (secondary N) is 2. The van der Waals surface area contributed by atoms with Gasteiger partial charge in [-0.3, -0.25) is 9.89 Å². The third-order valence-corrected chi connectivity index (χ3v) is 3.22. The maximum Gasteiger partial charge on any atom is 0.240 e. The van der Waals surface area contributed by atoms with E-state index >= 15 is 0 Å². The van der Waals surface area contributed by atoms with E-state index < -0.39 is 5.41 Å². The first kappa shape index (κ1) is 13.2. The average molecular weight is 234 g/mol. The van der Waals surface area contributed by atoms with Gasteiger partial charge in [-0.2, -0.15) is 10.4 Å². The van der Waals surface area contributed by atoms with Gasteiger partial charge in [-0.25, -0.2) is 0 Å².